The molecule has 0 radical (unpaired) electrons. The number of fused-ring (bicyclic) bond motifs is 1. The molecule has 2 heterocycles. The van der Waals surface area contributed by atoms with Crippen LogP contribution in [-0.4, -0.2) is 45.2 Å². The molecule has 2 aromatic carbocycles. The fourth-order valence-corrected chi connectivity index (χ4v) is 5.37. The van der Waals surface area contributed by atoms with Gasteiger partial charge in [-0.3, -0.25) is 14.8 Å². The second-order valence-corrected chi connectivity index (χ2v) is 10.9. The molecule has 2 atom stereocenters. The molecule has 8 heteroatoms. The number of carboxylic acid groups (broad SMARTS) is 1. The smallest absolute Gasteiger partial charge is 0.304 e. The molecule has 6 nitrogen and oxygen atoms in total. The molecule has 2 N–H and O–H groups in total. The van der Waals surface area contributed by atoms with Gasteiger partial charge >= 0.3 is 5.97 Å². The van der Waals surface area contributed by atoms with E-state index in [0.29, 0.717) is 31.2 Å². The summed E-state index contributed by atoms with van der Waals surface area (Å²) >= 11 is 0. The van der Waals surface area contributed by atoms with Crippen molar-refractivity contribution in [3.63, 3.8) is 0 Å². The molecular weight excluding hydrogens is 500 g/mol. The average Bonchev–Trinajstić information content (AvgIpc) is 3.26. The van der Waals surface area contributed by atoms with Crippen LogP contribution in [0.4, 0.5) is 8.78 Å². The quantitative estimate of drug-likeness (QED) is 0.277. The fraction of sp³-hybridized carbons (Fsp3) is 0.484. The molecule has 0 aliphatic carbocycles. The molecule has 3 aromatic rings. The van der Waals surface area contributed by atoms with Crippen LogP contribution >= 0.6 is 0 Å². The van der Waals surface area contributed by atoms with Gasteiger partial charge in [0.15, 0.2) is 0 Å². The Balaban J connectivity index is 1.56. The lowest BCUT2D eigenvalue weighted by Crippen LogP contribution is -2.42. The average molecular weight is 538 g/mol. The third-order valence-electron chi connectivity index (χ3n) is 7.26. The molecule has 1 aliphatic heterocycles. The van der Waals surface area contributed by atoms with Crippen LogP contribution in [0.5, 0.6) is 5.75 Å². The predicted molar refractivity (Wildman–Crippen MR) is 148 cm³/mol. The third-order valence-corrected chi connectivity index (χ3v) is 7.26. The Morgan fingerprint density at radius 3 is 2.62 bits per heavy atom. The number of aryl methyl sites for hydroxylation is 1. The summed E-state index contributed by atoms with van der Waals surface area (Å²) in [6, 6.07) is 11.6. The molecular formula is C31H37F2N3O3. The number of piperidine rings is 1. The lowest BCUT2D eigenvalue weighted by atomic mass is 9.94. The lowest BCUT2D eigenvalue weighted by molar-refractivity contribution is -0.137. The minimum Gasteiger partial charge on any atom is -0.486 e. The van der Waals surface area contributed by atoms with Gasteiger partial charge in [0.25, 0.3) is 5.92 Å². The molecule has 0 amide bonds. The van der Waals surface area contributed by atoms with E-state index >= 15 is 0 Å². The van der Waals surface area contributed by atoms with E-state index in [0.717, 1.165) is 39.7 Å². The molecule has 0 bridgehead atoms. The highest BCUT2D eigenvalue weighted by Gasteiger charge is 2.35. The summed E-state index contributed by atoms with van der Waals surface area (Å²) < 4.78 is 34.3. The number of hydrogen-bond acceptors (Lipinski definition) is 4. The van der Waals surface area contributed by atoms with E-state index in [2.05, 4.69) is 42.0 Å². The molecule has 1 aromatic heterocycles. The van der Waals surface area contributed by atoms with Crippen LogP contribution in [0, 0.1) is 24.7 Å². The highest BCUT2D eigenvalue weighted by molar-refractivity contribution is 5.85. The summed E-state index contributed by atoms with van der Waals surface area (Å²) in [5.41, 5.74) is 4.58. The number of aromatic amines is 1. The number of carboxylic acids is 1. The first-order valence-corrected chi connectivity index (χ1v) is 13.5. The molecule has 0 saturated carbocycles. The number of carbonyl (C=O) groups is 1. The van der Waals surface area contributed by atoms with Crippen LogP contribution in [-0.2, 0) is 11.3 Å². The fourth-order valence-electron chi connectivity index (χ4n) is 5.37. The summed E-state index contributed by atoms with van der Waals surface area (Å²) in [6.07, 6.45) is 0.963. The Kier molecular flexibility index (Phi) is 8.91. The maximum absolute atomic E-state index is 13.9. The van der Waals surface area contributed by atoms with Crippen LogP contribution < -0.4 is 4.74 Å². The van der Waals surface area contributed by atoms with Crippen molar-refractivity contribution in [2.75, 3.05) is 13.1 Å². The molecule has 4 rings (SSSR count). The van der Waals surface area contributed by atoms with E-state index in [1.807, 2.05) is 37.3 Å². The minimum atomic E-state index is -2.65. The van der Waals surface area contributed by atoms with Crippen LogP contribution in [0.2, 0.25) is 0 Å². The van der Waals surface area contributed by atoms with Gasteiger partial charge in [0.2, 0.25) is 0 Å². The van der Waals surface area contributed by atoms with E-state index in [9.17, 15) is 18.7 Å². The zero-order valence-electron chi connectivity index (χ0n) is 23.1. The number of hydrogen-bond donors (Lipinski definition) is 2. The summed E-state index contributed by atoms with van der Waals surface area (Å²) in [7, 11) is 0. The zero-order valence-corrected chi connectivity index (χ0v) is 23.1. The Bertz CT molecular complexity index is 1360. The Labute approximate surface area is 228 Å². The number of nitrogens with one attached hydrogen (secondary N) is 1. The number of ether oxygens (including phenoxy) is 1. The van der Waals surface area contributed by atoms with Crippen LogP contribution in [0.1, 0.15) is 80.9 Å². The standard InChI is InChI=1S/C31H37F2N3O3/c1-5-7-23(17-29(37)38)22-8-10-24(11-9-22)39-28(16-20(2)3)25-12-13-26-27(34-35-30(26)21(25)4)18-36-15-6-14-31(32,33)19-36/h8-13,20,23,28H,6,14-19H2,1-4H3,(H,34,35)(H,37,38). The number of aliphatic carboxylic acids is 1. The molecule has 1 saturated heterocycles. The van der Waals surface area contributed by atoms with Crippen LogP contribution in [0.15, 0.2) is 36.4 Å². The highest BCUT2D eigenvalue weighted by atomic mass is 19.3. The minimum absolute atomic E-state index is 0.0526. The topological polar surface area (TPSA) is 78.5 Å². The molecule has 39 heavy (non-hydrogen) atoms. The van der Waals surface area contributed by atoms with Gasteiger partial charge in [-0.25, -0.2) is 8.78 Å². The number of likely N-dealkylation sites (tertiary alicyclic amines) is 1. The Hall–Kier alpha value is -3.44. The first kappa shape index (κ1) is 28.6. The maximum Gasteiger partial charge on any atom is 0.304 e. The number of benzene rings is 2. The summed E-state index contributed by atoms with van der Waals surface area (Å²) in [4.78, 5) is 13.0. The number of alkyl halides is 2. The second-order valence-electron chi connectivity index (χ2n) is 10.9. The van der Waals surface area contributed by atoms with Crippen molar-refractivity contribution in [2.24, 2.45) is 5.92 Å². The van der Waals surface area contributed by atoms with E-state index < -0.39 is 11.9 Å². The molecule has 0 spiro atoms. The first-order chi connectivity index (χ1) is 18.6. The highest BCUT2D eigenvalue weighted by Crippen LogP contribution is 2.35. The molecule has 1 fully saturated rings. The third kappa shape index (κ3) is 7.15. The Morgan fingerprint density at radius 2 is 1.97 bits per heavy atom. The lowest BCUT2D eigenvalue weighted by Gasteiger charge is -2.31. The summed E-state index contributed by atoms with van der Waals surface area (Å²) in [6.45, 7) is 8.84. The van der Waals surface area contributed by atoms with Crippen molar-refractivity contribution >= 4 is 16.9 Å². The van der Waals surface area contributed by atoms with Gasteiger partial charge in [0, 0.05) is 18.4 Å². The van der Waals surface area contributed by atoms with Crippen LogP contribution in [0.25, 0.3) is 10.9 Å². The number of rotatable bonds is 10. The first-order valence-electron chi connectivity index (χ1n) is 13.5. The molecule has 2 unspecified atom stereocenters. The number of aromatic nitrogens is 2. The van der Waals surface area contributed by atoms with E-state index in [1.54, 1.807) is 11.8 Å². The van der Waals surface area contributed by atoms with Crippen molar-refractivity contribution in [3.05, 3.63) is 58.8 Å². The SMILES string of the molecule is CC#CC(CC(=O)O)c1ccc(OC(CC(C)C)c2ccc3c(CN4CCCC(F)(F)C4)n[nH]c3c2C)cc1. The van der Waals surface area contributed by atoms with Crippen molar-refractivity contribution in [2.45, 2.75) is 77.9 Å². The largest absolute Gasteiger partial charge is 0.486 e. The summed E-state index contributed by atoms with van der Waals surface area (Å²) in [5.74, 6) is 2.97. The second kappa shape index (κ2) is 12.2. The molecule has 208 valence electrons. The maximum atomic E-state index is 13.9. The van der Waals surface area contributed by atoms with Crippen LogP contribution in [0.3, 0.4) is 0 Å². The van der Waals surface area contributed by atoms with E-state index in [1.165, 1.54) is 0 Å². The number of H-pyrrole nitrogens is 1. The van der Waals surface area contributed by atoms with Gasteiger partial charge in [0.1, 0.15) is 11.9 Å². The summed E-state index contributed by atoms with van der Waals surface area (Å²) in [5, 5.41) is 17.8. The van der Waals surface area contributed by atoms with E-state index in [4.69, 9.17) is 4.74 Å². The van der Waals surface area contributed by atoms with Gasteiger partial charge in [-0.15, -0.1) is 5.92 Å². The normalized spacial score (nSPS) is 17.0. The zero-order chi connectivity index (χ0) is 28.2. The van der Waals surface area contributed by atoms with Crippen molar-refractivity contribution in [3.8, 4) is 17.6 Å². The van der Waals surface area contributed by atoms with Crippen molar-refractivity contribution in [1.82, 2.24) is 15.1 Å². The van der Waals surface area contributed by atoms with Gasteiger partial charge in [-0.05, 0) is 68.0 Å². The van der Waals surface area contributed by atoms with Gasteiger partial charge in [-0.1, -0.05) is 44.0 Å². The van der Waals surface area contributed by atoms with Crippen molar-refractivity contribution in [1.29, 1.82) is 0 Å². The van der Waals surface area contributed by atoms with E-state index in [-0.39, 0.29) is 31.4 Å². The Morgan fingerprint density at radius 1 is 1.23 bits per heavy atom. The number of halogens is 2. The monoisotopic (exact) mass is 537 g/mol. The predicted octanol–water partition coefficient (Wildman–Crippen LogP) is 6.85. The molecule has 1 aliphatic rings. The van der Waals surface area contributed by atoms with Crippen molar-refractivity contribution < 1.29 is 23.4 Å². The van der Waals surface area contributed by atoms with Gasteiger partial charge in [0.05, 0.1) is 30.1 Å². The van der Waals surface area contributed by atoms with Gasteiger partial charge in [-0.2, -0.15) is 5.10 Å². The van der Waals surface area contributed by atoms with Gasteiger partial charge < -0.3 is 9.84 Å². The number of nitrogens with zero attached hydrogens (tertiary/aromatic N) is 2.